The topological polar surface area (TPSA) is 106 Å². The summed E-state index contributed by atoms with van der Waals surface area (Å²) in [4.78, 5) is 28.5. The van der Waals surface area contributed by atoms with Crippen molar-refractivity contribution < 1.29 is 22.7 Å². The third-order valence-corrected chi connectivity index (χ3v) is 7.32. The Hall–Kier alpha value is -2.78. The lowest BCUT2D eigenvalue weighted by atomic mass is 9.87. The van der Waals surface area contributed by atoms with E-state index in [2.05, 4.69) is 31.1 Å². The number of piperidine rings is 1. The van der Waals surface area contributed by atoms with Crippen molar-refractivity contribution in [3.05, 3.63) is 54.4 Å². The Bertz CT molecular complexity index is 1040. The lowest BCUT2D eigenvalue weighted by Crippen LogP contribution is -2.40. The van der Waals surface area contributed by atoms with E-state index < -0.39 is 27.8 Å². The van der Waals surface area contributed by atoms with E-state index in [0.717, 1.165) is 5.56 Å². The first-order valence-corrected chi connectivity index (χ1v) is 12.0. The molecule has 172 valence electrons. The van der Waals surface area contributed by atoms with E-state index in [1.165, 1.54) is 22.8 Å². The number of amides is 1. The summed E-state index contributed by atoms with van der Waals surface area (Å²) in [6.07, 6.45) is 3.51. The molecule has 1 saturated heterocycles. The van der Waals surface area contributed by atoms with Crippen molar-refractivity contribution in [1.29, 1.82) is 0 Å². The van der Waals surface area contributed by atoms with Gasteiger partial charge >= 0.3 is 5.97 Å². The zero-order chi connectivity index (χ0) is 23.4. The number of sulfonamides is 1. The van der Waals surface area contributed by atoms with Gasteiger partial charge in [-0.2, -0.15) is 4.31 Å². The van der Waals surface area contributed by atoms with Crippen LogP contribution in [0.1, 0.15) is 39.2 Å². The number of aromatic nitrogens is 1. The highest BCUT2D eigenvalue weighted by Crippen LogP contribution is 2.25. The van der Waals surface area contributed by atoms with Crippen molar-refractivity contribution in [3.8, 4) is 0 Å². The van der Waals surface area contributed by atoms with E-state index in [1.807, 2.05) is 24.3 Å². The van der Waals surface area contributed by atoms with Crippen molar-refractivity contribution in [2.24, 2.45) is 5.92 Å². The van der Waals surface area contributed by atoms with Crippen molar-refractivity contribution in [2.75, 3.05) is 25.0 Å². The monoisotopic (exact) mass is 459 g/mol. The molecule has 8 nitrogen and oxygen atoms in total. The second-order valence-electron chi connectivity index (χ2n) is 8.85. The van der Waals surface area contributed by atoms with E-state index in [1.54, 1.807) is 6.07 Å². The molecule has 3 rings (SSSR count). The number of nitrogens with one attached hydrogen (secondary N) is 1. The molecule has 9 heteroatoms. The van der Waals surface area contributed by atoms with Crippen LogP contribution in [0.4, 0.5) is 5.69 Å². The van der Waals surface area contributed by atoms with E-state index in [-0.39, 0.29) is 30.0 Å². The first-order chi connectivity index (χ1) is 15.1. The molecule has 0 aliphatic carbocycles. The maximum absolute atomic E-state index is 12.6. The molecule has 32 heavy (non-hydrogen) atoms. The standard InChI is InChI=1S/C23H29N3O5S/c1-23(2,3)18-6-8-19(9-7-18)25-21(27)16-31-22(28)17-10-13-26(14-11-17)32(29,30)20-5-4-12-24-15-20/h4-9,12,15,17H,10-11,13-14,16H2,1-3H3,(H,25,27). The van der Waals surface area contributed by atoms with Gasteiger partial charge in [-0.25, -0.2) is 8.42 Å². The molecule has 1 aliphatic heterocycles. The average Bonchev–Trinajstić information content (AvgIpc) is 2.78. The molecule has 0 saturated carbocycles. The molecular weight excluding hydrogens is 430 g/mol. The molecule has 0 bridgehead atoms. The lowest BCUT2D eigenvalue weighted by Gasteiger charge is -2.29. The minimum absolute atomic E-state index is 0.0188. The molecule has 0 spiro atoms. The normalized spacial score (nSPS) is 15.8. The SMILES string of the molecule is CC(C)(C)c1ccc(NC(=O)COC(=O)C2CCN(S(=O)(=O)c3cccnc3)CC2)cc1. The van der Waals surface area contributed by atoms with Crippen molar-refractivity contribution in [1.82, 2.24) is 9.29 Å². The largest absolute Gasteiger partial charge is 0.455 e. The molecule has 0 unspecified atom stereocenters. The molecular formula is C23H29N3O5S. The number of ether oxygens (including phenoxy) is 1. The smallest absolute Gasteiger partial charge is 0.309 e. The number of nitrogens with zero attached hydrogens (tertiary/aromatic N) is 2. The Labute approximate surface area is 189 Å². The maximum atomic E-state index is 12.6. The number of esters is 1. The van der Waals surface area contributed by atoms with Crippen LogP contribution < -0.4 is 5.32 Å². The first-order valence-electron chi connectivity index (χ1n) is 10.5. The summed E-state index contributed by atoms with van der Waals surface area (Å²) in [6, 6.07) is 10.6. The van der Waals surface area contributed by atoms with Crippen LogP contribution in [-0.2, 0) is 29.8 Å². The van der Waals surface area contributed by atoms with E-state index >= 15 is 0 Å². The van der Waals surface area contributed by atoms with E-state index in [9.17, 15) is 18.0 Å². The second kappa shape index (κ2) is 9.79. The molecule has 1 aromatic heterocycles. The predicted octanol–water partition coefficient (Wildman–Crippen LogP) is 2.96. The van der Waals surface area contributed by atoms with Crippen molar-refractivity contribution in [2.45, 2.75) is 43.9 Å². The van der Waals surface area contributed by atoms with Gasteiger partial charge in [0, 0.05) is 31.2 Å². The molecule has 2 heterocycles. The van der Waals surface area contributed by atoms with Crippen LogP contribution >= 0.6 is 0 Å². The van der Waals surface area contributed by atoms with Gasteiger partial charge in [-0.3, -0.25) is 14.6 Å². The summed E-state index contributed by atoms with van der Waals surface area (Å²) in [5.74, 6) is -1.34. The number of anilines is 1. The first kappa shape index (κ1) is 23.9. The number of carbonyl (C=O) groups is 2. The summed E-state index contributed by atoms with van der Waals surface area (Å²) in [5.41, 5.74) is 1.80. The second-order valence-corrected chi connectivity index (χ2v) is 10.8. The van der Waals surface area contributed by atoms with Crippen LogP contribution in [0, 0.1) is 5.92 Å². The number of pyridine rings is 1. The zero-order valence-corrected chi connectivity index (χ0v) is 19.4. The Morgan fingerprint density at radius 3 is 2.34 bits per heavy atom. The van der Waals surface area contributed by atoms with Gasteiger partial charge in [0.1, 0.15) is 4.90 Å². The fraction of sp³-hybridized carbons (Fsp3) is 0.435. The van der Waals surface area contributed by atoms with Crippen molar-refractivity contribution >= 4 is 27.6 Å². The molecule has 1 fully saturated rings. The number of hydrogen-bond acceptors (Lipinski definition) is 6. The van der Waals surface area contributed by atoms with Gasteiger partial charge in [0.25, 0.3) is 5.91 Å². The fourth-order valence-corrected chi connectivity index (χ4v) is 4.92. The highest BCUT2D eigenvalue weighted by atomic mass is 32.2. The van der Waals surface area contributed by atoms with Gasteiger partial charge in [0.2, 0.25) is 10.0 Å². The quantitative estimate of drug-likeness (QED) is 0.666. The molecule has 1 N–H and O–H groups in total. The minimum atomic E-state index is -3.63. The van der Waals surface area contributed by atoms with Crippen LogP contribution in [-0.4, -0.2) is 49.3 Å². The van der Waals surface area contributed by atoms with Crippen LogP contribution in [0.25, 0.3) is 0 Å². The lowest BCUT2D eigenvalue weighted by molar-refractivity contribution is -0.152. The Kier molecular flexibility index (Phi) is 7.30. The summed E-state index contributed by atoms with van der Waals surface area (Å²) in [5, 5.41) is 2.71. The Balaban J connectivity index is 1.45. The number of carbonyl (C=O) groups excluding carboxylic acids is 2. The summed E-state index contributed by atoms with van der Waals surface area (Å²) in [7, 11) is -3.63. The third-order valence-electron chi connectivity index (χ3n) is 5.44. The van der Waals surface area contributed by atoms with Gasteiger partial charge in [0.05, 0.1) is 5.92 Å². The van der Waals surface area contributed by atoms with Crippen LogP contribution in [0.5, 0.6) is 0 Å². The highest BCUT2D eigenvalue weighted by Gasteiger charge is 2.33. The van der Waals surface area contributed by atoms with Crippen molar-refractivity contribution in [3.63, 3.8) is 0 Å². The van der Waals surface area contributed by atoms with Gasteiger partial charge in [-0.15, -0.1) is 0 Å². The van der Waals surface area contributed by atoms with Gasteiger partial charge in [0.15, 0.2) is 6.61 Å². The van der Waals surface area contributed by atoms with Gasteiger partial charge in [-0.1, -0.05) is 32.9 Å². The average molecular weight is 460 g/mol. The third kappa shape index (κ3) is 5.92. The molecule has 0 radical (unpaired) electrons. The zero-order valence-electron chi connectivity index (χ0n) is 18.6. The van der Waals surface area contributed by atoms with E-state index in [4.69, 9.17) is 4.74 Å². The number of benzene rings is 1. The number of hydrogen-bond donors (Lipinski definition) is 1. The highest BCUT2D eigenvalue weighted by molar-refractivity contribution is 7.89. The molecule has 1 aromatic carbocycles. The van der Waals surface area contributed by atoms with Crippen LogP contribution in [0.15, 0.2) is 53.7 Å². The minimum Gasteiger partial charge on any atom is -0.455 e. The molecule has 2 aromatic rings. The van der Waals surface area contributed by atoms with Gasteiger partial charge < -0.3 is 10.1 Å². The molecule has 1 aliphatic rings. The molecule has 1 amide bonds. The van der Waals surface area contributed by atoms with Crippen LogP contribution in [0.2, 0.25) is 0 Å². The van der Waals surface area contributed by atoms with Crippen LogP contribution in [0.3, 0.4) is 0 Å². The predicted molar refractivity (Wildman–Crippen MR) is 120 cm³/mol. The summed E-state index contributed by atoms with van der Waals surface area (Å²) < 4.78 is 31.8. The van der Waals surface area contributed by atoms with Gasteiger partial charge in [-0.05, 0) is 48.1 Å². The fourth-order valence-electron chi connectivity index (χ4n) is 3.49. The molecule has 0 atom stereocenters. The maximum Gasteiger partial charge on any atom is 0.309 e. The Morgan fingerprint density at radius 1 is 1.12 bits per heavy atom. The van der Waals surface area contributed by atoms with E-state index in [0.29, 0.717) is 18.5 Å². The summed E-state index contributed by atoms with van der Waals surface area (Å²) >= 11 is 0. The Morgan fingerprint density at radius 2 is 1.78 bits per heavy atom. The number of rotatable bonds is 6. The summed E-state index contributed by atoms with van der Waals surface area (Å²) in [6.45, 7) is 6.37.